The molecule has 0 N–H and O–H groups in total. The van der Waals surface area contributed by atoms with Gasteiger partial charge in [0.15, 0.2) is 0 Å². The quantitative estimate of drug-likeness (QED) is 0.166. The van der Waals surface area contributed by atoms with Crippen LogP contribution in [0.25, 0.3) is 55.6 Å². The van der Waals surface area contributed by atoms with Crippen LogP contribution < -0.4 is 9.64 Å². The van der Waals surface area contributed by atoms with E-state index in [-0.39, 0.29) is 22.9 Å². The van der Waals surface area contributed by atoms with Crippen LogP contribution in [0.2, 0.25) is 0 Å². The zero-order valence-corrected chi connectivity index (χ0v) is 35.6. The highest BCUT2D eigenvalue weighted by molar-refractivity contribution is 6.00. The molecule has 0 bridgehead atoms. The maximum Gasteiger partial charge on any atom is 0.128 e. The highest BCUT2D eigenvalue weighted by Crippen LogP contribution is 2.56. The number of allylic oxidation sites excluding steroid dienone is 2. The van der Waals surface area contributed by atoms with E-state index >= 15 is 0 Å². The van der Waals surface area contributed by atoms with E-state index in [4.69, 9.17) is 4.74 Å². The van der Waals surface area contributed by atoms with Crippen molar-refractivity contribution in [2.75, 3.05) is 4.90 Å². The first-order valence-corrected chi connectivity index (χ1v) is 22.0. The second-order valence-electron chi connectivity index (χ2n) is 18.3. The zero-order chi connectivity index (χ0) is 41.7. The molecule has 0 spiro atoms. The topological polar surface area (TPSA) is 12.5 Å². The number of hydrogen-bond donors (Lipinski definition) is 0. The van der Waals surface area contributed by atoms with Crippen molar-refractivity contribution >= 4 is 17.1 Å². The van der Waals surface area contributed by atoms with E-state index in [1.54, 1.807) is 0 Å². The normalized spacial score (nSPS) is 17.6. The summed E-state index contributed by atoms with van der Waals surface area (Å²) < 4.78 is 6.60. The SMILES string of the molecule is CC1(C)c2ccccc2-c2c(-c3ccccc3N(c3cccc(-c4cccc5c4C(C)(C)c4ccccc4-5)c3)c3ccccc3-c3cccc4c3C3C=CC=CC3O4)cccc21. The van der Waals surface area contributed by atoms with Gasteiger partial charge in [-0.25, -0.2) is 0 Å². The Labute approximate surface area is 365 Å². The molecule has 8 aromatic rings. The number of hydrogen-bond acceptors (Lipinski definition) is 2. The standard InChI is InChI=1S/C60H47NO/c1-59(2)50-31-11-6-24-47(50)56-44(27-17-32-51(56)59)42-22-7-12-33-52(42)61(53-34-13-8-23-43(53)45-28-18-36-55-57(45)48-25-9-14-35-54(48)62-55)39-20-15-19-38(37-39)40-26-16-29-46-41-21-5-10-30-49(41)60(3,4)58(40)46/h5-37,48,54H,1-4H3. The minimum absolute atomic E-state index is 0.00730. The van der Waals surface area contributed by atoms with Crippen molar-refractivity contribution < 1.29 is 4.74 Å². The van der Waals surface area contributed by atoms with Gasteiger partial charge in [-0.2, -0.15) is 0 Å². The van der Waals surface area contributed by atoms with Gasteiger partial charge in [0.25, 0.3) is 0 Å². The molecule has 2 heteroatoms. The van der Waals surface area contributed by atoms with Crippen LogP contribution in [0.4, 0.5) is 17.1 Å². The molecule has 1 aliphatic heterocycles. The Hall–Kier alpha value is -7.16. The van der Waals surface area contributed by atoms with Gasteiger partial charge in [-0.3, -0.25) is 0 Å². The van der Waals surface area contributed by atoms with E-state index in [1.807, 2.05) is 0 Å². The lowest BCUT2D eigenvalue weighted by Gasteiger charge is -2.31. The summed E-state index contributed by atoms with van der Waals surface area (Å²) in [5.41, 5.74) is 22.4. The molecule has 0 saturated heterocycles. The molecule has 1 heterocycles. The lowest BCUT2D eigenvalue weighted by Crippen LogP contribution is -2.16. The van der Waals surface area contributed by atoms with Gasteiger partial charge in [-0.05, 0) is 103 Å². The molecule has 0 amide bonds. The van der Waals surface area contributed by atoms with Crippen LogP contribution in [-0.4, -0.2) is 6.10 Å². The number of rotatable bonds is 6. The fourth-order valence-corrected chi connectivity index (χ4v) is 11.4. The fraction of sp³-hybridized carbons (Fsp3) is 0.133. The van der Waals surface area contributed by atoms with Crippen LogP contribution in [0.5, 0.6) is 5.75 Å². The van der Waals surface area contributed by atoms with Crippen LogP contribution >= 0.6 is 0 Å². The second-order valence-corrected chi connectivity index (χ2v) is 18.3. The smallest absolute Gasteiger partial charge is 0.128 e. The third-order valence-electron chi connectivity index (χ3n) is 14.2. The van der Waals surface area contributed by atoms with Crippen molar-refractivity contribution in [3.05, 3.63) is 228 Å². The van der Waals surface area contributed by atoms with Crippen LogP contribution in [-0.2, 0) is 10.8 Å². The molecule has 2 atom stereocenters. The first kappa shape index (κ1) is 36.7. The van der Waals surface area contributed by atoms with Crippen molar-refractivity contribution in [3.63, 3.8) is 0 Å². The predicted molar refractivity (Wildman–Crippen MR) is 258 cm³/mol. The maximum atomic E-state index is 6.60. The number of fused-ring (bicyclic) bond motifs is 9. The van der Waals surface area contributed by atoms with Gasteiger partial charge in [0.1, 0.15) is 11.9 Å². The van der Waals surface area contributed by atoms with E-state index in [0.29, 0.717) is 0 Å². The van der Waals surface area contributed by atoms with Gasteiger partial charge < -0.3 is 9.64 Å². The Morgan fingerprint density at radius 1 is 0.435 bits per heavy atom. The Bertz CT molecular complexity index is 3200. The van der Waals surface area contributed by atoms with Crippen molar-refractivity contribution in [1.82, 2.24) is 0 Å². The first-order chi connectivity index (χ1) is 30.3. The summed E-state index contributed by atoms with van der Waals surface area (Å²) in [6.07, 6.45) is 8.74. The molecule has 2 unspecified atom stereocenters. The maximum absolute atomic E-state index is 6.60. The molecule has 2 nitrogen and oxygen atoms in total. The molecule has 0 saturated carbocycles. The Morgan fingerprint density at radius 2 is 0.984 bits per heavy atom. The predicted octanol–water partition coefficient (Wildman–Crippen LogP) is 15.7. The number of para-hydroxylation sites is 2. The van der Waals surface area contributed by atoms with Gasteiger partial charge in [0, 0.05) is 39.1 Å². The largest absolute Gasteiger partial charge is 0.485 e. The summed E-state index contributed by atoms with van der Waals surface area (Å²) >= 11 is 0. The van der Waals surface area contributed by atoms with Crippen LogP contribution in [0.3, 0.4) is 0 Å². The van der Waals surface area contributed by atoms with E-state index in [0.717, 1.165) is 22.8 Å². The van der Waals surface area contributed by atoms with Crippen molar-refractivity contribution in [1.29, 1.82) is 0 Å². The van der Waals surface area contributed by atoms with Gasteiger partial charge in [0.2, 0.25) is 0 Å². The lowest BCUT2D eigenvalue weighted by atomic mass is 9.79. The highest BCUT2D eigenvalue weighted by Gasteiger charge is 2.39. The number of anilines is 3. The third kappa shape index (κ3) is 5.29. The highest BCUT2D eigenvalue weighted by atomic mass is 16.5. The van der Waals surface area contributed by atoms with Gasteiger partial charge in [-0.1, -0.05) is 192 Å². The summed E-state index contributed by atoms with van der Waals surface area (Å²) in [5, 5.41) is 0. The molecule has 0 fully saturated rings. The number of benzene rings is 8. The number of ether oxygens (including phenoxy) is 1. The Morgan fingerprint density at radius 3 is 1.77 bits per heavy atom. The summed E-state index contributed by atoms with van der Waals surface area (Å²) in [6.45, 7) is 9.49. The van der Waals surface area contributed by atoms with Crippen LogP contribution in [0, 0.1) is 0 Å². The van der Waals surface area contributed by atoms with E-state index in [9.17, 15) is 0 Å². The fourth-order valence-electron chi connectivity index (χ4n) is 11.4. The van der Waals surface area contributed by atoms with Gasteiger partial charge in [0.05, 0.1) is 11.4 Å². The lowest BCUT2D eigenvalue weighted by molar-refractivity contribution is 0.269. The summed E-state index contributed by atoms with van der Waals surface area (Å²) in [7, 11) is 0. The molecule has 0 aromatic heterocycles. The Kier molecular flexibility index (Phi) is 8.09. The average molecular weight is 798 g/mol. The van der Waals surface area contributed by atoms with Crippen LogP contribution in [0.1, 0.15) is 61.4 Å². The minimum atomic E-state index is -0.147. The van der Waals surface area contributed by atoms with Crippen molar-refractivity contribution in [3.8, 4) is 61.4 Å². The molecule has 298 valence electrons. The molecule has 8 aromatic carbocycles. The van der Waals surface area contributed by atoms with Crippen molar-refractivity contribution in [2.45, 2.75) is 50.5 Å². The number of nitrogens with zero attached hydrogens (tertiary/aromatic N) is 1. The summed E-state index contributed by atoms with van der Waals surface area (Å²) in [6, 6.07) is 65.5. The average Bonchev–Trinajstić information content (AvgIpc) is 3.90. The first-order valence-electron chi connectivity index (χ1n) is 22.0. The second kappa shape index (κ2) is 13.7. The van der Waals surface area contributed by atoms with E-state index in [2.05, 4.69) is 233 Å². The Balaban J connectivity index is 1.10. The zero-order valence-electron chi connectivity index (χ0n) is 35.6. The van der Waals surface area contributed by atoms with Crippen molar-refractivity contribution in [2.24, 2.45) is 0 Å². The van der Waals surface area contributed by atoms with E-state index in [1.165, 1.54) is 83.5 Å². The van der Waals surface area contributed by atoms with Crippen LogP contribution in [0.15, 0.2) is 200 Å². The molecular formula is C60H47NO. The summed E-state index contributed by atoms with van der Waals surface area (Å²) in [5.74, 6) is 1.10. The molecule has 3 aliphatic carbocycles. The summed E-state index contributed by atoms with van der Waals surface area (Å²) in [4.78, 5) is 2.52. The molecule has 4 aliphatic rings. The molecule has 62 heavy (non-hydrogen) atoms. The minimum Gasteiger partial charge on any atom is -0.485 e. The molecular weight excluding hydrogens is 751 g/mol. The third-order valence-corrected chi connectivity index (χ3v) is 14.2. The van der Waals surface area contributed by atoms with Gasteiger partial charge in [-0.15, -0.1) is 0 Å². The molecule has 12 rings (SSSR count). The van der Waals surface area contributed by atoms with E-state index < -0.39 is 0 Å². The molecule has 0 radical (unpaired) electrons. The van der Waals surface area contributed by atoms with Gasteiger partial charge >= 0.3 is 0 Å². The monoisotopic (exact) mass is 797 g/mol.